The van der Waals surface area contributed by atoms with E-state index >= 15 is 0 Å². The molecule has 1 saturated heterocycles. The average molecular weight is 348 g/mol. The molecule has 0 aliphatic carbocycles. The van der Waals surface area contributed by atoms with Crippen LogP contribution in [0.4, 0.5) is 0 Å². The number of hydrogen-bond acceptors (Lipinski definition) is 10. The van der Waals surface area contributed by atoms with Gasteiger partial charge < -0.3 is 28.8 Å². The third-order valence-electron chi connectivity index (χ3n) is 2.95. The molecule has 0 saturated carbocycles. The van der Waals surface area contributed by atoms with E-state index in [0.29, 0.717) is 0 Å². The zero-order chi connectivity index (χ0) is 18.4. The highest BCUT2D eigenvalue weighted by atomic mass is 16.7. The molecule has 0 aromatic carbocycles. The van der Waals surface area contributed by atoms with Crippen LogP contribution < -0.4 is 0 Å². The van der Waals surface area contributed by atoms with Gasteiger partial charge in [0.15, 0.2) is 18.3 Å². The van der Waals surface area contributed by atoms with Crippen molar-refractivity contribution < 1.29 is 48.0 Å². The molecule has 1 aliphatic heterocycles. The van der Waals surface area contributed by atoms with E-state index in [1.165, 1.54) is 0 Å². The fourth-order valence-corrected chi connectivity index (χ4v) is 2.15. The molecular formula is C14H20O10. The van der Waals surface area contributed by atoms with E-state index in [4.69, 9.17) is 23.7 Å². The maximum absolute atomic E-state index is 11.3. The summed E-state index contributed by atoms with van der Waals surface area (Å²) < 4.78 is 25.0. The highest BCUT2D eigenvalue weighted by Crippen LogP contribution is 2.27. The fraction of sp³-hybridized carbons (Fsp3) is 0.714. The minimum absolute atomic E-state index is 0.366. The lowest BCUT2D eigenvalue weighted by Crippen LogP contribution is -2.62. The molecule has 1 heterocycles. The molecule has 0 bridgehead atoms. The SMILES string of the molecule is CC(=O)OC[C@H]1OC(OC(C)=O)[C@H](O)[C@@H](OC(C)=O)[C@@H]1OC(C)=O. The van der Waals surface area contributed by atoms with Gasteiger partial charge >= 0.3 is 23.9 Å². The molecular weight excluding hydrogens is 328 g/mol. The molecule has 1 unspecified atom stereocenters. The van der Waals surface area contributed by atoms with Crippen molar-refractivity contribution in [2.45, 2.75) is 58.4 Å². The molecule has 24 heavy (non-hydrogen) atoms. The quantitative estimate of drug-likeness (QED) is 0.490. The van der Waals surface area contributed by atoms with Gasteiger partial charge in [-0.2, -0.15) is 0 Å². The first-order valence-electron chi connectivity index (χ1n) is 7.10. The molecule has 0 amide bonds. The normalized spacial score (nSPS) is 29.3. The minimum atomic E-state index is -1.60. The van der Waals surface area contributed by atoms with Gasteiger partial charge in [-0.25, -0.2) is 0 Å². The molecule has 1 rings (SSSR count). The predicted octanol–water partition coefficient (Wildman–Crippen LogP) is -0.938. The molecule has 0 radical (unpaired) electrons. The minimum Gasteiger partial charge on any atom is -0.463 e. The number of esters is 4. The molecule has 0 aromatic heterocycles. The molecule has 1 N–H and O–H groups in total. The molecule has 1 fully saturated rings. The van der Waals surface area contributed by atoms with Crippen LogP contribution >= 0.6 is 0 Å². The molecule has 0 spiro atoms. The van der Waals surface area contributed by atoms with Gasteiger partial charge in [-0.05, 0) is 0 Å². The first kappa shape index (κ1) is 19.8. The van der Waals surface area contributed by atoms with Crippen LogP contribution in [-0.2, 0) is 42.9 Å². The van der Waals surface area contributed by atoms with E-state index in [1.807, 2.05) is 0 Å². The summed E-state index contributed by atoms with van der Waals surface area (Å²) in [5.41, 5.74) is 0. The maximum Gasteiger partial charge on any atom is 0.305 e. The lowest BCUT2D eigenvalue weighted by Gasteiger charge is -2.42. The van der Waals surface area contributed by atoms with Crippen molar-refractivity contribution in [3.8, 4) is 0 Å². The number of ether oxygens (including phenoxy) is 5. The van der Waals surface area contributed by atoms with Crippen molar-refractivity contribution in [3.63, 3.8) is 0 Å². The largest absolute Gasteiger partial charge is 0.463 e. The Morgan fingerprint density at radius 1 is 0.833 bits per heavy atom. The monoisotopic (exact) mass is 348 g/mol. The first-order chi connectivity index (χ1) is 11.1. The summed E-state index contributed by atoms with van der Waals surface area (Å²) in [6.45, 7) is 4.09. The Morgan fingerprint density at radius 2 is 1.33 bits per heavy atom. The maximum atomic E-state index is 11.3. The molecule has 136 valence electrons. The number of aliphatic hydroxyl groups is 1. The molecule has 10 nitrogen and oxygen atoms in total. The van der Waals surface area contributed by atoms with E-state index in [9.17, 15) is 24.3 Å². The highest BCUT2D eigenvalue weighted by Gasteiger charge is 2.51. The Labute approximate surface area is 137 Å². The highest BCUT2D eigenvalue weighted by molar-refractivity contribution is 5.68. The third kappa shape index (κ3) is 5.78. The van der Waals surface area contributed by atoms with Gasteiger partial charge in [0.1, 0.15) is 12.7 Å². The Balaban J connectivity index is 3.08. The lowest BCUT2D eigenvalue weighted by molar-refractivity contribution is -0.297. The number of hydrogen-bond donors (Lipinski definition) is 1. The van der Waals surface area contributed by atoms with E-state index in [2.05, 4.69) is 0 Å². The van der Waals surface area contributed by atoms with Crippen molar-refractivity contribution in [3.05, 3.63) is 0 Å². The van der Waals surface area contributed by atoms with Crippen LogP contribution in [0.25, 0.3) is 0 Å². The summed E-state index contributed by atoms with van der Waals surface area (Å²) >= 11 is 0. The zero-order valence-corrected chi connectivity index (χ0v) is 13.7. The summed E-state index contributed by atoms with van der Waals surface area (Å²) in [7, 11) is 0. The number of rotatable bonds is 5. The van der Waals surface area contributed by atoms with E-state index in [1.54, 1.807) is 0 Å². The Morgan fingerprint density at radius 3 is 1.79 bits per heavy atom. The van der Waals surface area contributed by atoms with Crippen LogP contribution in [0.2, 0.25) is 0 Å². The topological polar surface area (TPSA) is 135 Å². The molecule has 10 heteroatoms. The predicted molar refractivity (Wildman–Crippen MR) is 74.2 cm³/mol. The Bertz CT molecular complexity index is 486. The van der Waals surface area contributed by atoms with Crippen molar-refractivity contribution >= 4 is 23.9 Å². The number of aliphatic hydroxyl groups excluding tert-OH is 1. The average Bonchev–Trinajstić information content (AvgIpc) is 2.42. The van der Waals surface area contributed by atoms with Gasteiger partial charge in [-0.1, -0.05) is 0 Å². The van der Waals surface area contributed by atoms with E-state index in [0.717, 1.165) is 27.7 Å². The van der Waals surface area contributed by atoms with Crippen LogP contribution in [0, 0.1) is 0 Å². The van der Waals surface area contributed by atoms with Crippen LogP contribution in [0.15, 0.2) is 0 Å². The summed E-state index contributed by atoms with van der Waals surface area (Å²) in [6, 6.07) is 0. The summed E-state index contributed by atoms with van der Waals surface area (Å²) in [5.74, 6) is -2.87. The first-order valence-corrected chi connectivity index (χ1v) is 7.10. The molecule has 5 atom stereocenters. The summed E-state index contributed by atoms with van der Waals surface area (Å²) in [4.78, 5) is 44.7. The second-order valence-electron chi connectivity index (χ2n) is 5.09. The van der Waals surface area contributed by atoms with Gasteiger partial charge in [0.05, 0.1) is 0 Å². The lowest BCUT2D eigenvalue weighted by atomic mass is 9.98. The van der Waals surface area contributed by atoms with Gasteiger partial charge in [-0.3, -0.25) is 19.2 Å². The Hall–Kier alpha value is -2.20. The molecule has 0 aromatic rings. The van der Waals surface area contributed by atoms with E-state index in [-0.39, 0.29) is 6.61 Å². The standard InChI is InChI=1S/C14H20O10/c1-6(15)20-5-10-12(21-7(2)16)13(22-8(3)17)11(19)14(24-10)23-9(4)18/h10-14,19H,5H2,1-4H3/t10-,11-,12-,13-,14?/m1/s1. The summed E-state index contributed by atoms with van der Waals surface area (Å²) in [6.07, 6.45) is -6.83. The number of carbonyl (C=O) groups excluding carboxylic acids is 4. The third-order valence-corrected chi connectivity index (χ3v) is 2.95. The fourth-order valence-electron chi connectivity index (χ4n) is 2.15. The second-order valence-corrected chi connectivity index (χ2v) is 5.09. The van der Waals surface area contributed by atoms with Gasteiger partial charge in [-0.15, -0.1) is 0 Å². The second kappa shape index (κ2) is 8.60. The molecule has 1 aliphatic rings. The summed E-state index contributed by atoms with van der Waals surface area (Å²) in [5, 5.41) is 10.2. The zero-order valence-electron chi connectivity index (χ0n) is 13.7. The van der Waals surface area contributed by atoms with E-state index < -0.39 is 54.6 Å². The van der Waals surface area contributed by atoms with Crippen molar-refractivity contribution in [1.29, 1.82) is 0 Å². The Kier molecular flexibility index (Phi) is 7.11. The van der Waals surface area contributed by atoms with Crippen LogP contribution in [0.5, 0.6) is 0 Å². The van der Waals surface area contributed by atoms with Gasteiger partial charge in [0, 0.05) is 27.7 Å². The van der Waals surface area contributed by atoms with Gasteiger partial charge in [0.25, 0.3) is 0 Å². The van der Waals surface area contributed by atoms with Gasteiger partial charge in [0.2, 0.25) is 6.29 Å². The van der Waals surface area contributed by atoms with Crippen molar-refractivity contribution in [2.75, 3.05) is 6.61 Å². The van der Waals surface area contributed by atoms with Crippen molar-refractivity contribution in [1.82, 2.24) is 0 Å². The van der Waals surface area contributed by atoms with Crippen LogP contribution in [0.1, 0.15) is 27.7 Å². The smallest absolute Gasteiger partial charge is 0.305 e. The number of carbonyl (C=O) groups is 4. The van der Waals surface area contributed by atoms with Crippen molar-refractivity contribution in [2.24, 2.45) is 0 Å². The van der Waals surface area contributed by atoms with Crippen LogP contribution in [0.3, 0.4) is 0 Å². The van der Waals surface area contributed by atoms with Crippen LogP contribution in [-0.4, -0.2) is 66.3 Å².